The van der Waals surface area contributed by atoms with Gasteiger partial charge in [-0.3, -0.25) is 4.79 Å². The van der Waals surface area contributed by atoms with Gasteiger partial charge in [0.15, 0.2) is 23.3 Å². The minimum atomic E-state index is -1.33. The molecule has 0 fully saturated rings. The molecule has 0 spiro atoms. The molecule has 8 heteroatoms. The SMILES string of the molecule is COC(=O)C(NCl)C(=O)c1cc(OC)c(OC)c(OC)c1. The summed E-state index contributed by atoms with van der Waals surface area (Å²) in [6.45, 7) is 0. The van der Waals surface area contributed by atoms with Crippen LogP contribution in [0, 0.1) is 0 Å². The number of hydrogen-bond donors (Lipinski definition) is 1. The molecule has 1 aromatic carbocycles. The number of nitrogens with one attached hydrogen (secondary N) is 1. The Balaban J connectivity index is 3.30. The second-order valence-electron chi connectivity index (χ2n) is 3.84. The summed E-state index contributed by atoms with van der Waals surface area (Å²) in [6.07, 6.45) is 0. The fourth-order valence-electron chi connectivity index (χ4n) is 1.71. The maximum Gasteiger partial charge on any atom is 0.332 e. The fraction of sp³-hybridized carbons (Fsp3) is 0.385. The normalized spacial score (nSPS) is 11.5. The van der Waals surface area contributed by atoms with Crippen molar-refractivity contribution < 1.29 is 28.5 Å². The summed E-state index contributed by atoms with van der Waals surface area (Å²) in [5.74, 6) is -0.471. The van der Waals surface area contributed by atoms with Gasteiger partial charge in [0.1, 0.15) is 0 Å². The Bertz CT molecular complexity index is 508. The largest absolute Gasteiger partial charge is 0.493 e. The molecule has 7 nitrogen and oxygen atoms in total. The Morgan fingerprint density at radius 2 is 1.57 bits per heavy atom. The molecule has 1 atom stereocenters. The first kappa shape index (κ1) is 17.1. The average Bonchev–Trinajstić information content (AvgIpc) is 2.53. The number of benzene rings is 1. The van der Waals surface area contributed by atoms with Gasteiger partial charge in [0.05, 0.1) is 28.4 Å². The molecule has 0 aromatic heterocycles. The van der Waals surface area contributed by atoms with E-state index in [0.717, 1.165) is 7.11 Å². The summed E-state index contributed by atoms with van der Waals surface area (Å²) in [5, 5.41) is 0. The highest BCUT2D eigenvalue weighted by atomic mass is 35.5. The number of rotatable bonds is 7. The van der Waals surface area contributed by atoms with Crippen molar-refractivity contribution in [2.45, 2.75) is 6.04 Å². The minimum Gasteiger partial charge on any atom is -0.493 e. The Hall–Kier alpha value is -1.99. The Morgan fingerprint density at radius 1 is 1.05 bits per heavy atom. The summed E-state index contributed by atoms with van der Waals surface area (Å²) in [7, 11) is 5.44. The Kier molecular flexibility index (Phi) is 6.26. The first-order valence-corrected chi connectivity index (χ1v) is 6.20. The van der Waals surface area contributed by atoms with E-state index >= 15 is 0 Å². The summed E-state index contributed by atoms with van der Waals surface area (Å²) in [6, 6.07) is 1.52. The zero-order valence-electron chi connectivity index (χ0n) is 12.1. The van der Waals surface area contributed by atoms with Crippen LogP contribution in [0.1, 0.15) is 10.4 Å². The molecule has 0 bridgehead atoms. The second-order valence-corrected chi connectivity index (χ2v) is 4.06. The molecule has 0 amide bonds. The van der Waals surface area contributed by atoms with Crippen LogP contribution in [-0.4, -0.2) is 46.2 Å². The number of ketones is 1. The molecule has 1 unspecified atom stereocenters. The van der Waals surface area contributed by atoms with Gasteiger partial charge >= 0.3 is 5.97 Å². The third-order valence-corrected chi connectivity index (χ3v) is 2.98. The molecule has 21 heavy (non-hydrogen) atoms. The van der Waals surface area contributed by atoms with Gasteiger partial charge in [-0.25, -0.2) is 9.63 Å². The average molecular weight is 318 g/mol. The van der Waals surface area contributed by atoms with Gasteiger partial charge in [-0.1, -0.05) is 0 Å². The number of ether oxygens (including phenoxy) is 4. The molecule has 0 aliphatic heterocycles. The number of esters is 1. The van der Waals surface area contributed by atoms with Gasteiger partial charge in [-0.05, 0) is 23.9 Å². The van der Waals surface area contributed by atoms with Gasteiger partial charge in [-0.2, -0.15) is 0 Å². The van der Waals surface area contributed by atoms with E-state index in [2.05, 4.69) is 9.57 Å². The zero-order chi connectivity index (χ0) is 16.0. The van der Waals surface area contributed by atoms with E-state index in [1.165, 1.54) is 33.5 Å². The number of hydrogen-bond acceptors (Lipinski definition) is 7. The number of Topliss-reactive ketones (excluding diaryl/α,β-unsaturated/α-hetero) is 1. The quantitative estimate of drug-likeness (QED) is 0.350. The number of carbonyl (C=O) groups is 2. The molecular weight excluding hydrogens is 302 g/mol. The molecule has 0 aliphatic carbocycles. The summed E-state index contributed by atoms with van der Waals surface area (Å²) < 4.78 is 19.9. The van der Waals surface area contributed by atoms with E-state index in [0.29, 0.717) is 17.2 Å². The predicted octanol–water partition coefficient (Wildman–Crippen LogP) is 1.18. The van der Waals surface area contributed by atoms with E-state index in [-0.39, 0.29) is 5.56 Å². The standard InChI is InChI=1S/C13H16ClNO6/c1-18-8-5-7(6-9(19-2)12(8)20-3)11(16)10(15-14)13(17)21-4/h5-6,10,15H,1-4H3. The number of methoxy groups -OCH3 is 4. The molecule has 1 aromatic rings. The van der Waals surface area contributed by atoms with Crippen molar-refractivity contribution in [3.63, 3.8) is 0 Å². The van der Waals surface area contributed by atoms with Gasteiger partial charge in [0, 0.05) is 5.56 Å². The van der Waals surface area contributed by atoms with Crippen molar-refractivity contribution in [2.75, 3.05) is 28.4 Å². The van der Waals surface area contributed by atoms with E-state index < -0.39 is 17.8 Å². The van der Waals surface area contributed by atoms with Gasteiger partial charge in [-0.15, -0.1) is 0 Å². The first-order valence-electron chi connectivity index (χ1n) is 5.82. The van der Waals surface area contributed by atoms with E-state index in [9.17, 15) is 9.59 Å². The molecule has 0 aliphatic rings. The number of halogens is 1. The maximum atomic E-state index is 12.3. The van der Waals surface area contributed by atoms with Crippen molar-refractivity contribution >= 4 is 23.5 Å². The van der Waals surface area contributed by atoms with Crippen molar-refractivity contribution in [3.05, 3.63) is 17.7 Å². The highest BCUT2D eigenvalue weighted by Gasteiger charge is 2.29. The van der Waals surface area contributed by atoms with E-state index in [1.54, 1.807) is 0 Å². The van der Waals surface area contributed by atoms with E-state index in [4.69, 9.17) is 26.0 Å². The highest BCUT2D eigenvalue weighted by molar-refractivity contribution is 6.21. The second kappa shape index (κ2) is 7.70. The van der Waals surface area contributed by atoms with Crippen molar-refractivity contribution in [2.24, 2.45) is 0 Å². The first-order chi connectivity index (χ1) is 10.0. The van der Waals surface area contributed by atoms with Crippen LogP contribution in [0.2, 0.25) is 0 Å². The highest BCUT2D eigenvalue weighted by Crippen LogP contribution is 2.38. The van der Waals surface area contributed by atoms with E-state index in [1.807, 2.05) is 0 Å². The molecule has 0 saturated heterocycles. The molecule has 0 radical (unpaired) electrons. The molecule has 0 saturated carbocycles. The smallest absolute Gasteiger partial charge is 0.332 e. The molecule has 0 heterocycles. The minimum absolute atomic E-state index is 0.160. The fourth-order valence-corrected chi connectivity index (χ4v) is 1.90. The molecule has 1 N–H and O–H groups in total. The zero-order valence-corrected chi connectivity index (χ0v) is 12.8. The lowest BCUT2D eigenvalue weighted by atomic mass is 10.0. The van der Waals surface area contributed by atoms with Crippen LogP contribution >= 0.6 is 11.8 Å². The molecule has 1 rings (SSSR count). The van der Waals surface area contributed by atoms with Crippen LogP contribution in [-0.2, 0) is 9.53 Å². The third kappa shape index (κ3) is 3.56. The maximum absolute atomic E-state index is 12.3. The lowest BCUT2D eigenvalue weighted by molar-refractivity contribution is -0.141. The summed E-state index contributed by atoms with van der Waals surface area (Å²) in [5.41, 5.74) is 0.160. The molecule has 116 valence electrons. The van der Waals surface area contributed by atoms with Crippen LogP contribution in [0.4, 0.5) is 0 Å². The van der Waals surface area contributed by atoms with Crippen LogP contribution in [0.25, 0.3) is 0 Å². The topological polar surface area (TPSA) is 83.1 Å². The number of carbonyl (C=O) groups excluding carboxylic acids is 2. The van der Waals surface area contributed by atoms with Crippen LogP contribution in [0.5, 0.6) is 17.2 Å². The third-order valence-electron chi connectivity index (χ3n) is 2.76. The van der Waals surface area contributed by atoms with Crippen LogP contribution in [0.15, 0.2) is 12.1 Å². The van der Waals surface area contributed by atoms with Crippen LogP contribution < -0.4 is 19.0 Å². The van der Waals surface area contributed by atoms with Crippen molar-refractivity contribution in [1.82, 2.24) is 4.84 Å². The Morgan fingerprint density at radius 3 is 1.90 bits per heavy atom. The van der Waals surface area contributed by atoms with Gasteiger partial charge in [0.2, 0.25) is 5.75 Å². The summed E-state index contributed by atoms with van der Waals surface area (Å²) >= 11 is 5.43. The Labute approximate surface area is 127 Å². The van der Waals surface area contributed by atoms with Crippen molar-refractivity contribution in [1.29, 1.82) is 0 Å². The lowest BCUT2D eigenvalue weighted by Crippen LogP contribution is -2.39. The molecular formula is C13H16ClNO6. The monoisotopic (exact) mass is 317 g/mol. The van der Waals surface area contributed by atoms with Gasteiger partial charge < -0.3 is 18.9 Å². The summed E-state index contributed by atoms with van der Waals surface area (Å²) in [4.78, 5) is 25.9. The van der Waals surface area contributed by atoms with Crippen molar-refractivity contribution in [3.8, 4) is 17.2 Å². The predicted molar refractivity (Wildman–Crippen MR) is 75.2 cm³/mol. The lowest BCUT2D eigenvalue weighted by Gasteiger charge is -2.15. The van der Waals surface area contributed by atoms with Gasteiger partial charge in [0.25, 0.3) is 0 Å². The van der Waals surface area contributed by atoms with Crippen LogP contribution in [0.3, 0.4) is 0 Å².